The number of benzene rings is 2. The van der Waals surface area contributed by atoms with Crippen molar-refractivity contribution in [1.82, 2.24) is 14.3 Å². The Bertz CT molecular complexity index is 1270. The number of carbonyl (C=O) groups is 1. The fourth-order valence-electron chi connectivity index (χ4n) is 3.94. The van der Waals surface area contributed by atoms with Crippen LogP contribution in [0.25, 0.3) is 16.6 Å². The molecule has 4 aromatic rings. The molecule has 3 heterocycles. The second-order valence-electron chi connectivity index (χ2n) is 7.21. The molecule has 0 saturated carbocycles. The molecular weight excluding hydrogens is 432 g/mol. The van der Waals surface area contributed by atoms with Crippen LogP contribution >= 0.6 is 15.9 Å². The van der Waals surface area contributed by atoms with E-state index in [1.165, 1.54) is 5.69 Å². The van der Waals surface area contributed by atoms with Crippen LogP contribution < -0.4 is 10.5 Å². The summed E-state index contributed by atoms with van der Waals surface area (Å²) in [5.74, 6) is -0.00548. The maximum Gasteiger partial charge on any atom is 0.258 e. The minimum atomic E-state index is -0.145. The molecule has 5 rings (SSSR count). The third-order valence-corrected chi connectivity index (χ3v) is 6.00. The van der Waals surface area contributed by atoms with E-state index in [4.69, 9.17) is 0 Å². The number of rotatable bonds is 2. The van der Waals surface area contributed by atoms with Crippen molar-refractivity contribution in [3.8, 4) is 0 Å². The van der Waals surface area contributed by atoms with Crippen LogP contribution in [-0.4, -0.2) is 46.4 Å². The molecule has 0 radical (unpaired) electrons. The summed E-state index contributed by atoms with van der Waals surface area (Å²) in [6.45, 7) is 2.91. The summed E-state index contributed by atoms with van der Waals surface area (Å²) in [5, 5.41) is 0.609. The van der Waals surface area contributed by atoms with Crippen LogP contribution in [0.2, 0.25) is 0 Å². The van der Waals surface area contributed by atoms with E-state index in [2.05, 4.69) is 37.9 Å². The van der Waals surface area contributed by atoms with Gasteiger partial charge in [-0.25, -0.2) is 0 Å². The summed E-state index contributed by atoms with van der Waals surface area (Å²) in [4.78, 5) is 32.4. The van der Waals surface area contributed by atoms with E-state index >= 15 is 0 Å². The van der Waals surface area contributed by atoms with Crippen LogP contribution in [0.3, 0.4) is 0 Å². The highest BCUT2D eigenvalue weighted by Gasteiger charge is 2.23. The second kappa shape index (κ2) is 7.08. The minimum Gasteiger partial charge on any atom is -0.368 e. The average Bonchev–Trinajstić information content (AvgIpc) is 3.18. The lowest BCUT2D eigenvalue weighted by molar-refractivity contribution is 0.0747. The van der Waals surface area contributed by atoms with E-state index in [-0.39, 0.29) is 11.5 Å². The second-order valence-corrected chi connectivity index (χ2v) is 8.13. The van der Waals surface area contributed by atoms with Gasteiger partial charge >= 0.3 is 0 Å². The molecule has 7 heteroatoms. The van der Waals surface area contributed by atoms with Gasteiger partial charge in [-0.1, -0.05) is 28.1 Å². The van der Waals surface area contributed by atoms with Crippen molar-refractivity contribution in [3.63, 3.8) is 0 Å². The Hall–Kier alpha value is -3.06. The van der Waals surface area contributed by atoms with Gasteiger partial charge in [0.15, 0.2) is 0 Å². The molecule has 1 N–H and O–H groups in total. The maximum absolute atomic E-state index is 13.1. The number of nitrogens with one attached hydrogen (secondary N) is 1. The van der Waals surface area contributed by atoms with Crippen LogP contribution in [0.5, 0.6) is 0 Å². The zero-order valence-corrected chi connectivity index (χ0v) is 17.2. The number of aromatic nitrogens is 2. The Morgan fingerprint density at radius 2 is 1.69 bits per heavy atom. The molecule has 1 aliphatic heterocycles. The molecular formula is C22H19BrN4O2. The van der Waals surface area contributed by atoms with E-state index < -0.39 is 0 Å². The Kier molecular flexibility index (Phi) is 4.39. The summed E-state index contributed by atoms with van der Waals surface area (Å²) in [6.07, 6.45) is 1.82. The van der Waals surface area contributed by atoms with Gasteiger partial charge in [-0.2, -0.15) is 0 Å². The van der Waals surface area contributed by atoms with E-state index in [0.717, 1.165) is 23.1 Å². The molecule has 0 spiro atoms. The molecule has 1 saturated heterocycles. The van der Waals surface area contributed by atoms with Crippen LogP contribution in [-0.2, 0) is 0 Å². The number of halogens is 1. The number of hydrogen-bond acceptors (Lipinski definition) is 3. The smallest absolute Gasteiger partial charge is 0.258 e. The molecule has 1 aliphatic rings. The molecule has 0 bridgehead atoms. The lowest BCUT2D eigenvalue weighted by atomic mass is 10.2. The van der Waals surface area contributed by atoms with Gasteiger partial charge in [-0.15, -0.1) is 0 Å². The highest BCUT2D eigenvalue weighted by Crippen LogP contribution is 2.21. The highest BCUT2D eigenvalue weighted by molar-refractivity contribution is 9.10. The van der Waals surface area contributed by atoms with Crippen molar-refractivity contribution in [1.29, 1.82) is 0 Å². The third-order valence-electron chi connectivity index (χ3n) is 5.48. The number of aromatic amines is 1. The molecule has 2 aromatic heterocycles. The molecule has 1 amide bonds. The topological polar surface area (TPSA) is 60.8 Å². The third kappa shape index (κ3) is 3.21. The van der Waals surface area contributed by atoms with Gasteiger partial charge in [0, 0.05) is 42.5 Å². The number of piperazine rings is 1. The Morgan fingerprint density at radius 1 is 0.966 bits per heavy atom. The van der Waals surface area contributed by atoms with Crippen molar-refractivity contribution < 1.29 is 4.79 Å². The van der Waals surface area contributed by atoms with Crippen molar-refractivity contribution in [2.75, 3.05) is 31.1 Å². The van der Waals surface area contributed by atoms with Gasteiger partial charge in [0.05, 0.1) is 16.5 Å². The van der Waals surface area contributed by atoms with Crippen LogP contribution in [0.1, 0.15) is 10.4 Å². The molecule has 1 fully saturated rings. The molecule has 29 heavy (non-hydrogen) atoms. The first-order chi connectivity index (χ1) is 14.1. The largest absolute Gasteiger partial charge is 0.368 e. The molecule has 2 aromatic carbocycles. The first-order valence-electron chi connectivity index (χ1n) is 9.53. The van der Waals surface area contributed by atoms with Crippen molar-refractivity contribution in [2.24, 2.45) is 0 Å². The Morgan fingerprint density at radius 3 is 2.45 bits per heavy atom. The normalized spacial score (nSPS) is 14.7. The molecule has 0 aliphatic carbocycles. The maximum atomic E-state index is 13.1. The Labute approximate surface area is 175 Å². The highest BCUT2D eigenvalue weighted by atomic mass is 79.9. The predicted molar refractivity (Wildman–Crippen MR) is 118 cm³/mol. The van der Waals surface area contributed by atoms with Gasteiger partial charge in [0.25, 0.3) is 11.5 Å². The van der Waals surface area contributed by atoms with Crippen LogP contribution in [0.15, 0.2) is 70.1 Å². The zero-order valence-electron chi connectivity index (χ0n) is 15.6. The number of anilines is 1. The zero-order chi connectivity index (χ0) is 20.0. The Balaban J connectivity index is 1.38. The SMILES string of the molecule is O=C(c1cc2[nH]c(=O)c3ccccc3n2c1)N1CCN(c2ccc(Br)cc2)CC1. The van der Waals surface area contributed by atoms with Crippen LogP contribution in [0.4, 0.5) is 5.69 Å². The van der Waals surface area contributed by atoms with Crippen molar-refractivity contribution >= 4 is 44.1 Å². The van der Waals surface area contributed by atoms with E-state index in [9.17, 15) is 9.59 Å². The van der Waals surface area contributed by atoms with Crippen LogP contribution in [0, 0.1) is 0 Å². The van der Waals surface area contributed by atoms with E-state index in [0.29, 0.717) is 29.7 Å². The first kappa shape index (κ1) is 18.0. The van der Waals surface area contributed by atoms with Crippen molar-refractivity contribution in [2.45, 2.75) is 0 Å². The minimum absolute atomic E-state index is 0.00548. The molecule has 6 nitrogen and oxygen atoms in total. The van der Waals surface area contributed by atoms with E-state index in [1.54, 1.807) is 12.1 Å². The number of carbonyl (C=O) groups excluding carboxylic acids is 1. The van der Waals surface area contributed by atoms with Gasteiger partial charge in [0.2, 0.25) is 0 Å². The lowest BCUT2D eigenvalue weighted by Crippen LogP contribution is -2.48. The summed E-state index contributed by atoms with van der Waals surface area (Å²) in [7, 11) is 0. The summed E-state index contributed by atoms with van der Waals surface area (Å²) < 4.78 is 2.93. The van der Waals surface area contributed by atoms with Gasteiger partial charge in [0.1, 0.15) is 5.65 Å². The summed E-state index contributed by atoms with van der Waals surface area (Å²) >= 11 is 3.46. The molecule has 146 valence electrons. The standard InChI is InChI=1S/C22H19BrN4O2/c23-16-5-7-17(8-6-16)25-9-11-26(12-10-25)22(29)15-13-20-24-21(28)18-3-1-2-4-19(18)27(20)14-15/h1-8,13-14H,9-12H2,(H,24,28). The number of fused-ring (bicyclic) bond motifs is 3. The fourth-order valence-corrected chi connectivity index (χ4v) is 4.20. The fraction of sp³-hybridized carbons (Fsp3) is 0.182. The van der Waals surface area contributed by atoms with Gasteiger partial charge < -0.3 is 19.2 Å². The molecule has 0 unspecified atom stereocenters. The summed E-state index contributed by atoms with van der Waals surface area (Å²) in [5.41, 5.74) is 3.04. The number of nitrogens with zero attached hydrogens (tertiary/aromatic N) is 3. The van der Waals surface area contributed by atoms with Crippen molar-refractivity contribution in [3.05, 3.63) is 81.2 Å². The van der Waals surface area contributed by atoms with E-state index in [1.807, 2.05) is 45.8 Å². The number of amides is 1. The summed E-state index contributed by atoms with van der Waals surface area (Å²) in [6, 6.07) is 17.4. The number of H-pyrrole nitrogens is 1. The predicted octanol–water partition coefficient (Wildman–Crippen LogP) is 3.51. The monoisotopic (exact) mass is 450 g/mol. The lowest BCUT2D eigenvalue weighted by Gasteiger charge is -2.36. The first-order valence-corrected chi connectivity index (χ1v) is 10.3. The average molecular weight is 451 g/mol. The van der Waals surface area contributed by atoms with Gasteiger partial charge in [-0.05, 0) is 42.5 Å². The number of para-hydroxylation sites is 1. The number of hydrogen-bond donors (Lipinski definition) is 1. The quantitative estimate of drug-likeness (QED) is 0.508. The van der Waals surface area contributed by atoms with Gasteiger partial charge in [-0.3, -0.25) is 9.59 Å². The molecule has 0 atom stereocenters.